The van der Waals surface area contributed by atoms with Gasteiger partial charge in [0.2, 0.25) is 17.7 Å². The van der Waals surface area contributed by atoms with Gasteiger partial charge in [-0.3, -0.25) is 19.7 Å². The van der Waals surface area contributed by atoms with Crippen LogP contribution in [0.4, 0.5) is 0 Å². The first-order valence-electron chi connectivity index (χ1n) is 9.21. The minimum absolute atomic E-state index is 0.160. The highest BCUT2D eigenvalue weighted by Crippen LogP contribution is 2.31. The Morgan fingerprint density at radius 1 is 1.24 bits per heavy atom. The van der Waals surface area contributed by atoms with Gasteiger partial charge in [-0.25, -0.2) is 4.98 Å². The van der Waals surface area contributed by atoms with Gasteiger partial charge in [0, 0.05) is 24.2 Å². The molecular weight excluding hydrogens is 413 g/mol. The topological polar surface area (TPSA) is 88.2 Å². The predicted molar refractivity (Wildman–Crippen MR) is 111 cm³/mol. The molecule has 2 heterocycles. The number of pyridine rings is 1. The molecule has 1 aliphatic heterocycles. The van der Waals surface area contributed by atoms with Crippen LogP contribution in [-0.2, 0) is 26.3 Å². The molecule has 1 aromatic heterocycles. The third kappa shape index (κ3) is 4.77. The highest BCUT2D eigenvalue weighted by atomic mass is 35.5. The molecule has 3 amide bonds. The zero-order chi connectivity index (χ0) is 21.2. The minimum atomic E-state index is -0.784. The summed E-state index contributed by atoms with van der Waals surface area (Å²) in [5.74, 6) is -1.20. The number of imide groups is 1. The van der Waals surface area contributed by atoms with Gasteiger partial charge in [0.05, 0.1) is 11.3 Å². The van der Waals surface area contributed by atoms with Gasteiger partial charge in [0.1, 0.15) is 5.15 Å². The molecule has 1 unspecified atom stereocenters. The number of nitrogens with one attached hydrogen (secondary N) is 2. The number of nitrogens with zero attached hydrogens (tertiary/aromatic N) is 1. The first-order valence-corrected chi connectivity index (χ1v) is 9.96. The van der Waals surface area contributed by atoms with E-state index in [-0.39, 0.29) is 17.7 Å². The third-order valence-electron chi connectivity index (χ3n) is 5.15. The van der Waals surface area contributed by atoms with E-state index in [4.69, 9.17) is 23.2 Å². The summed E-state index contributed by atoms with van der Waals surface area (Å²) >= 11 is 12.2. The van der Waals surface area contributed by atoms with E-state index in [0.29, 0.717) is 35.1 Å². The number of hydrogen-bond donors (Lipinski definition) is 2. The molecule has 1 saturated heterocycles. The van der Waals surface area contributed by atoms with Crippen molar-refractivity contribution in [2.24, 2.45) is 0 Å². The predicted octanol–water partition coefficient (Wildman–Crippen LogP) is 3.50. The van der Waals surface area contributed by atoms with Crippen LogP contribution in [0.5, 0.6) is 0 Å². The van der Waals surface area contributed by atoms with Gasteiger partial charge in [0.25, 0.3) is 0 Å². The number of benzene rings is 1. The van der Waals surface area contributed by atoms with Crippen LogP contribution in [0.15, 0.2) is 36.5 Å². The summed E-state index contributed by atoms with van der Waals surface area (Å²) in [5, 5.41) is 6.06. The van der Waals surface area contributed by atoms with Gasteiger partial charge >= 0.3 is 0 Å². The van der Waals surface area contributed by atoms with Gasteiger partial charge < -0.3 is 5.32 Å². The number of carbonyl (C=O) groups is 3. The number of rotatable bonds is 5. The average Bonchev–Trinajstić information content (AvgIpc) is 2.67. The van der Waals surface area contributed by atoms with Gasteiger partial charge in [-0.05, 0) is 49.1 Å². The molecular formula is C21H21Cl2N3O3. The van der Waals surface area contributed by atoms with Crippen LogP contribution in [0.1, 0.15) is 49.3 Å². The SMILES string of the molecule is CC(C)(C(=O)NCc1ccc(C2CCC(=O)NC2=O)c(Cl)c1)c1ccc(Cl)nc1. The van der Waals surface area contributed by atoms with Gasteiger partial charge in [-0.1, -0.05) is 41.4 Å². The van der Waals surface area contributed by atoms with Gasteiger partial charge in [-0.15, -0.1) is 0 Å². The van der Waals surface area contributed by atoms with Crippen molar-refractivity contribution in [1.82, 2.24) is 15.6 Å². The lowest BCUT2D eigenvalue weighted by Crippen LogP contribution is -2.40. The van der Waals surface area contributed by atoms with Crippen molar-refractivity contribution < 1.29 is 14.4 Å². The minimum Gasteiger partial charge on any atom is -0.351 e. The van der Waals surface area contributed by atoms with Crippen molar-refractivity contribution in [2.75, 3.05) is 0 Å². The second-order valence-electron chi connectivity index (χ2n) is 7.54. The lowest BCUT2D eigenvalue weighted by Gasteiger charge is -2.24. The fourth-order valence-electron chi connectivity index (χ4n) is 3.23. The number of piperidine rings is 1. The summed E-state index contributed by atoms with van der Waals surface area (Å²) in [6.07, 6.45) is 2.32. The van der Waals surface area contributed by atoms with E-state index in [2.05, 4.69) is 15.6 Å². The largest absolute Gasteiger partial charge is 0.351 e. The Hall–Kier alpha value is -2.44. The second kappa shape index (κ2) is 8.51. The second-order valence-corrected chi connectivity index (χ2v) is 8.33. The average molecular weight is 434 g/mol. The Morgan fingerprint density at radius 2 is 2.00 bits per heavy atom. The highest BCUT2D eigenvalue weighted by molar-refractivity contribution is 6.31. The van der Waals surface area contributed by atoms with Crippen LogP contribution in [0.25, 0.3) is 0 Å². The summed E-state index contributed by atoms with van der Waals surface area (Å²) < 4.78 is 0. The molecule has 8 heteroatoms. The molecule has 2 N–H and O–H groups in total. The van der Waals surface area contributed by atoms with Crippen molar-refractivity contribution in [3.8, 4) is 0 Å². The third-order valence-corrected chi connectivity index (χ3v) is 5.70. The Balaban J connectivity index is 1.67. The molecule has 29 heavy (non-hydrogen) atoms. The lowest BCUT2D eigenvalue weighted by atomic mass is 9.84. The van der Waals surface area contributed by atoms with E-state index in [1.165, 1.54) is 0 Å². The van der Waals surface area contributed by atoms with E-state index in [0.717, 1.165) is 11.1 Å². The molecule has 0 radical (unpaired) electrons. The van der Waals surface area contributed by atoms with Crippen LogP contribution in [0.2, 0.25) is 10.2 Å². The zero-order valence-electron chi connectivity index (χ0n) is 16.1. The summed E-state index contributed by atoms with van der Waals surface area (Å²) in [6.45, 7) is 3.91. The Bertz CT molecular complexity index is 958. The molecule has 1 aliphatic rings. The zero-order valence-corrected chi connectivity index (χ0v) is 17.6. The molecule has 0 bridgehead atoms. The van der Waals surface area contributed by atoms with Gasteiger partial charge in [-0.2, -0.15) is 0 Å². The Kier molecular flexibility index (Phi) is 6.24. The quantitative estimate of drug-likeness (QED) is 0.557. The molecule has 1 atom stereocenters. The van der Waals surface area contributed by atoms with E-state index in [1.807, 2.05) is 19.9 Å². The maximum absolute atomic E-state index is 12.7. The Labute approximate surface area is 179 Å². The van der Waals surface area contributed by atoms with Crippen molar-refractivity contribution in [3.63, 3.8) is 0 Å². The first-order chi connectivity index (χ1) is 13.7. The van der Waals surface area contributed by atoms with Crippen LogP contribution >= 0.6 is 23.2 Å². The highest BCUT2D eigenvalue weighted by Gasteiger charge is 2.31. The van der Waals surface area contributed by atoms with Crippen LogP contribution in [-0.4, -0.2) is 22.7 Å². The molecule has 1 aromatic carbocycles. The molecule has 0 aliphatic carbocycles. The molecule has 2 aromatic rings. The van der Waals surface area contributed by atoms with Crippen LogP contribution in [0.3, 0.4) is 0 Å². The number of amides is 3. The summed E-state index contributed by atoms with van der Waals surface area (Å²) in [4.78, 5) is 40.1. The molecule has 152 valence electrons. The van der Waals surface area contributed by atoms with E-state index >= 15 is 0 Å². The van der Waals surface area contributed by atoms with E-state index < -0.39 is 11.3 Å². The van der Waals surface area contributed by atoms with E-state index in [1.54, 1.807) is 30.5 Å². The fourth-order valence-corrected chi connectivity index (χ4v) is 3.68. The smallest absolute Gasteiger partial charge is 0.234 e. The fraction of sp³-hybridized carbons (Fsp3) is 0.333. The number of hydrogen-bond acceptors (Lipinski definition) is 4. The lowest BCUT2D eigenvalue weighted by molar-refractivity contribution is -0.134. The van der Waals surface area contributed by atoms with Crippen LogP contribution < -0.4 is 10.6 Å². The van der Waals surface area contributed by atoms with Crippen LogP contribution in [0, 0.1) is 0 Å². The van der Waals surface area contributed by atoms with Crippen molar-refractivity contribution >= 4 is 40.9 Å². The molecule has 6 nitrogen and oxygen atoms in total. The van der Waals surface area contributed by atoms with Crippen molar-refractivity contribution in [3.05, 3.63) is 63.4 Å². The molecule has 1 fully saturated rings. The maximum atomic E-state index is 12.7. The molecule has 0 saturated carbocycles. The first kappa shape index (κ1) is 21.3. The number of aromatic nitrogens is 1. The normalized spacial score (nSPS) is 17.0. The number of halogens is 2. The van der Waals surface area contributed by atoms with E-state index in [9.17, 15) is 14.4 Å². The molecule has 3 rings (SSSR count). The monoisotopic (exact) mass is 433 g/mol. The standard InChI is InChI=1S/C21H21Cl2N3O3/c1-21(2,13-4-7-17(23)24-11-13)20(29)25-10-12-3-5-14(16(22)9-12)15-6-8-18(27)26-19(15)28/h3-5,7,9,11,15H,6,8,10H2,1-2H3,(H,25,29)(H,26,27,28). The van der Waals surface area contributed by atoms with Crippen molar-refractivity contribution in [2.45, 2.75) is 44.6 Å². The Morgan fingerprint density at radius 3 is 2.62 bits per heavy atom. The molecule has 0 spiro atoms. The summed E-state index contributed by atoms with van der Waals surface area (Å²) in [6, 6.07) is 8.76. The van der Waals surface area contributed by atoms with Crippen molar-refractivity contribution in [1.29, 1.82) is 0 Å². The number of carbonyl (C=O) groups excluding carboxylic acids is 3. The summed E-state index contributed by atoms with van der Waals surface area (Å²) in [5.41, 5.74) is 1.46. The maximum Gasteiger partial charge on any atom is 0.234 e. The van der Waals surface area contributed by atoms with Gasteiger partial charge in [0.15, 0.2) is 0 Å². The summed E-state index contributed by atoms with van der Waals surface area (Å²) in [7, 11) is 0.